The Labute approximate surface area is 86.9 Å². The molecule has 0 radical (unpaired) electrons. The molecule has 4 heteroatoms. The van der Waals surface area contributed by atoms with Gasteiger partial charge in [0.15, 0.2) is 0 Å². The van der Waals surface area contributed by atoms with E-state index in [1.165, 1.54) is 0 Å². The van der Waals surface area contributed by atoms with Crippen LogP contribution in [0.25, 0.3) is 10.9 Å². The molecule has 0 unspecified atom stereocenters. The van der Waals surface area contributed by atoms with E-state index in [4.69, 9.17) is 4.74 Å². The summed E-state index contributed by atoms with van der Waals surface area (Å²) >= 11 is 0. The summed E-state index contributed by atoms with van der Waals surface area (Å²) in [6, 6.07) is 5.61. The maximum absolute atomic E-state index is 11.7. The number of hydrogen-bond donors (Lipinski definition) is 1. The van der Waals surface area contributed by atoms with Gasteiger partial charge in [-0.25, -0.2) is 4.98 Å². The number of aromatic amines is 1. The molecule has 0 amide bonds. The van der Waals surface area contributed by atoms with Crippen LogP contribution >= 0.6 is 0 Å². The molecule has 0 aliphatic heterocycles. The van der Waals surface area contributed by atoms with Gasteiger partial charge >= 0.3 is 0 Å². The number of methoxy groups -OCH3 is 1. The zero-order valence-electron chi connectivity index (χ0n) is 8.70. The molecule has 1 aromatic heterocycles. The van der Waals surface area contributed by atoms with Crippen molar-refractivity contribution in [2.75, 3.05) is 7.11 Å². The highest BCUT2D eigenvalue weighted by molar-refractivity contribution is 5.78. The van der Waals surface area contributed by atoms with Gasteiger partial charge in [0, 0.05) is 7.11 Å². The molecule has 0 aliphatic rings. The third-order valence-electron chi connectivity index (χ3n) is 2.19. The molecule has 1 aromatic carbocycles. The largest absolute Gasteiger partial charge is 0.377 e. The number of aryl methyl sites for hydroxylation is 1. The number of aromatic nitrogens is 2. The molecular formula is C11H12N2O2. The van der Waals surface area contributed by atoms with Gasteiger partial charge in [0.05, 0.1) is 10.9 Å². The van der Waals surface area contributed by atoms with Crippen molar-refractivity contribution in [1.82, 2.24) is 9.97 Å². The number of benzene rings is 1. The molecule has 1 heterocycles. The number of H-pyrrole nitrogens is 1. The first-order valence-corrected chi connectivity index (χ1v) is 4.69. The quantitative estimate of drug-likeness (QED) is 0.804. The van der Waals surface area contributed by atoms with Gasteiger partial charge in [-0.1, -0.05) is 11.6 Å². The van der Waals surface area contributed by atoms with Gasteiger partial charge in [0.2, 0.25) is 0 Å². The lowest BCUT2D eigenvalue weighted by Crippen LogP contribution is -2.12. The van der Waals surface area contributed by atoms with E-state index in [-0.39, 0.29) is 5.56 Å². The molecule has 0 fully saturated rings. The van der Waals surface area contributed by atoms with E-state index in [1.54, 1.807) is 7.11 Å². The van der Waals surface area contributed by atoms with E-state index < -0.39 is 0 Å². The summed E-state index contributed by atoms with van der Waals surface area (Å²) in [5.41, 5.74) is 1.64. The Balaban J connectivity index is 2.67. The van der Waals surface area contributed by atoms with E-state index in [0.717, 1.165) is 5.56 Å². The highest BCUT2D eigenvalue weighted by Gasteiger charge is 2.03. The smallest absolute Gasteiger partial charge is 0.258 e. The van der Waals surface area contributed by atoms with Crippen LogP contribution in [0, 0.1) is 6.92 Å². The molecule has 0 saturated heterocycles. The van der Waals surface area contributed by atoms with Crippen LogP contribution in [-0.2, 0) is 11.3 Å². The second kappa shape index (κ2) is 3.82. The van der Waals surface area contributed by atoms with Crippen molar-refractivity contribution >= 4 is 10.9 Å². The van der Waals surface area contributed by atoms with E-state index in [9.17, 15) is 4.79 Å². The van der Waals surface area contributed by atoms with Crippen LogP contribution in [0.5, 0.6) is 0 Å². The lowest BCUT2D eigenvalue weighted by molar-refractivity contribution is 0.178. The fourth-order valence-corrected chi connectivity index (χ4v) is 1.51. The van der Waals surface area contributed by atoms with Crippen molar-refractivity contribution in [3.63, 3.8) is 0 Å². The Kier molecular flexibility index (Phi) is 2.51. The molecule has 78 valence electrons. The van der Waals surface area contributed by atoms with E-state index >= 15 is 0 Å². The van der Waals surface area contributed by atoms with Crippen molar-refractivity contribution in [2.45, 2.75) is 13.5 Å². The number of hydrogen-bond acceptors (Lipinski definition) is 3. The van der Waals surface area contributed by atoms with Crippen LogP contribution in [0.15, 0.2) is 23.0 Å². The summed E-state index contributed by atoms with van der Waals surface area (Å²) in [4.78, 5) is 18.6. The van der Waals surface area contributed by atoms with E-state index in [1.807, 2.05) is 25.1 Å². The predicted molar refractivity (Wildman–Crippen MR) is 57.8 cm³/mol. The Morgan fingerprint density at radius 2 is 2.27 bits per heavy atom. The van der Waals surface area contributed by atoms with Gasteiger partial charge in [0.1, 0.15) is 12.4 Å². The minimum Gasteiger partial charge on any atom is -0.377 e. The van der Waals surface area contributed by atoms with Gasteiger partial charge in [-0.3, -0.25) is 4.79 Å². The first-order chi connectivity index (χ1) is 7.20. The van der Waals surface area contributed by atoms with Crippen LogP contribution in [0.4, 0.5) is 0 Å². The second-order valence-electron chi connectivity index (χ2n) is 3.47. The van der Waals surface area contributed by atoms with Gasteiger partial charge in [-0.05, 0) is 19.1 Å². The average molecular weight is 204 g/mol. The normalized spacial score (nSPS) is 10.8. The standard InChI is InChI=1S/C11H12N2O2/c1-7-3-4-9-8(5-7)11(14)13-10(12-9)6-15-2/h3-5H,6H2,1-2H3,(H,12,13,14). The summed E-state index contributed by atoms with van der Waals surface area (Å²) in [5.74, 6) is 0.554. The molecule has 2 aromatic rings. The van der Waals surface area contributed by atoms with Gasteiger partial charge in [-0.15, -0.1) is 0 Å². The average Bonchev–Trinajstić information content (AvgIpc) is 2.20. The third kappa shape index (κ3) is 1.89. The summed E-state index contributed by atoms with van der Waals surface area (Å²) < 4.78 is 4.92. The zero-order valence-corrected chi connectivity index (χ0v) is 8.70. The number of nitrogens with zero attached hydrogens (tertiary/aromatic N) is 1. The molecule has 0 atom stereocenters. The highest BCUT2D eigenvalue weighted by atomic mass is 16.5. The van der Waals surface area contributed by atoms with Crippen molar-refractivity contribution in [2.24, 2.45) is 0 Å². The number of nitrogens with one attached hydrogen (secondary N) is 1. The minimum absolute atomic E-state index is 0.115. The van der Waals surface area contributed by atoms with E-state index in [2.05, 4.69) is 9.97 Å². The van der Waals surface area contributed by atoms with Crippen molar-refractivity contribution < 1.29 is 4.74 Å². The topological polar surface area (TPSA) is 55.0 Å². The molecule has 1 N–H and O–H groups in total. The van der Waals surface area contributed by atoms with Crippen molar-refractivity contribution in [3.05, 3.63) is 39.9 Å². The van der Waals surface area contributed by atoms with Gasteiger partial charge in [-0.2, -0.15) is 0 Å². The fraction of sp³-hybridized carbons (Fsp3) is 0.273. The second-order valence-corrected chi connectivity index (χ2v) is 3.47. The van der Waals surface area contributed by atoms with Crippen LogP contribution in [-0.4, -0.2) is 17.1 Å². The molecule has 15 heavy (non-hydrogen) atoms. The highest BCUT2D eigenvalue weighted by Crippen LogP contribution is 2.09. The Morgan fingerprint density at radius 1 is 1.47 bits per heavy atom. The Bertz CT molecular complexity index is 546. The summed E-state index contributed by atoms with van der Waals surface area (Å²) in [6.07, 6.45) is 0. The van der Waals surface area contributed by atoms with Crippen molar-refractivity contribution in [3.8, 4) is 0 Å². The van der Waals surface area contributed by atoms with Gasteiger partial charge < -0.3 is 9.72 Å². The molecule has 0 aliphatic carbocycles. The maximum Gasteiger partial charge on any atom is 0.258 e. The molecule has 4 nitrogen and oxygen atoms in total. The van der Waals surface area contributed by atoms with Crippen LogP contribution in [0.2, 0.25) is 0 Å². The lowest BCUT2D eigenvalue weighted by Gasteiger charge is -2.02. The zero-order chi connectivity index (χ0) is 10.8. The number of fused-ring (bicyclic) bond motifs is 1. The predicted octanol–water partition coefficient (Wildman–Crippen LogP) is 1.38. The van der Waals surface area contributed by atoms with Crippen LogP contribution in [0.1, 0.15) is 11.4 Å². The van der Waals surface area contributed by atoms with Crippen LogP contribution in [0.3, 0.4) is 0 Å². The number of ether oxygens (including phenoxy) is 1. The summed E-state index contributed by atoms with van der Waals surface area (Å²) in [6.45, 7) is 2.26. The number of rotatable bonds is 2. The van der Waals surface area contributed by atoms with Gasteiger partial charge in [0.25, 0.3) is 5.56 Å². The molecule has 2 rings (SSSR count). The summed E-state index contributed by atoms with van der Waals surface area (Å²) in [5, 5.41) is 0.620. The lowest BCUT2D eigenvalue weighted by atomic mass is 10.2. The Morgan fingerprint density at radius 3 is 3.00 bits per heavy atom. The molecular weight excluding hydrogens is 192 g/mol. The SMILES string of the molecule is COCc1nc2ccc(C)cc2c(=O)[nH]1. The monoisotopic (exact) mass is 204 g/mol. The van der Waals surface area contributed by atoms with Crippen molar-refractivity contribution in [1.29, 1.82) is 0 Å². The Hall–Kier alpha value is -1.68. The third-order valence-corrected chi connectivity index (χ3v) is 2.19. The summed E-state index contributed by atoms with van der Waals surface area (Å²) in [7, 11) is 1.57. The molecule has 0 spiro atoms. The maximum atomic E-state index is 11.7. The first-order valence-electron chi connectivity index (χ1n) is 4.69. The fourth-order valence-electron chi connectivity index (χ4n) is 1.51. The molecule has 0 saturated carbocycles. The minimum atomic E-state index is -0.115. The first kappa shape index (κ1) is 9.86. The molecule has 0 bridgehead atoms. The van der Waals surface area contributed by atoms with Crippen LogP contribution < -0.4 is 5.56 Å². The van der Waals surface area contributed by atoms with E-state index in [0.29, 0.717) is 23.3 Å².